The van der Waals surface area contributed by atoms with E-state index in [9.17, 15) is 0 Å². The molecule has 0 aliphatic rings. The van der Waals surface area contributed by atoms with E-state index in [1.807, 2.05) is 0 Å². The molecular weight excluding hydrogens is 741 g/mol. The fourth-order valence-electron chi connectivity index (χ4n) is 9.85. The molecule has 282 valence electrons. The van der Waals surface area contributed by atoms with Gasteiger partial charge in [0, 0.05) is 43.4 Å². The van der Waals surface area contributed by atoms with E-state index in [1.54, 1.807) is 0 Å². The minimum absolute atomic E-state index is 0.860. The molecule has 0 bridgehead atoms. The smallest absolute Gasteiger partial charge is 0.135 e. The van der Waals surface area contributed by atoms with Crippen molar-refractivity contribution in [2.45, 2.75) is 0 Å². The van der Waals surface area contributed by atoms with E-state index in [0.29, 0.717) is 0 Å². The summed E-state index contributed by atoms with van der Waals surface area (Å²) in [5.41, 5.74) is 12.3. The van der Waals surface area contributed by atoms with Crippen molar-refractivity contribution in [2.24, 2.45) is 0 Å². The van der Waals surface area contributed by atoms with Gasteiger partial charge in [0.1, 0.15) is 11.2 Å². The van der Waals surface area contributed by atoms with Crippen molar-refractivity contribution in [3.05, 3.63) is 206 Å². The number of benzene rings is 10. The minimum Gasteiger partial charge on any atom is -0.456 e. The molecule has 0 radical (unpaired) electrons. The van der Waals surface area contributed by atoms with Crippen LogP contribution in [-0.4, -0.2) is 9.97 Å². The summed E-state index contributed by atoms with van der Waals surface area (Å²) in [4.78, 5) is 10.8. The Labute approximate surface area is 350 Å². The second kappa shape index (κ2) is 13.2. The molecule has 3 nitrogen and oxygen atoms in total. The Morgan fingerprint density at radius 2 is 0.557 bits per heavy atom. The van der Waals surface area contributed by atoms with Gasteiger partial charge < -0.3 is 4.42 Å². The third-order valence-corrected chi connectivity index (χ3v) is 12.7. The van der Waals surface area contributed by atoms with E-state index in [2.05, 4.69) is 206 Å². The Morgan fingerprint density at radius 3 is 0.951 bits per heavy atom. The molecule has 0 spiro atoms. The first-order valence-electron chi connectivity index (χ1n) is 20.8. The van der Waals surface area contributed by atoms with Crippen LogP contribution in [0.25, 0.3) is 132 Å². The molecule has 0 saturated heterocycles. The van der Waals surface area contributed by atoms with Crippen LogP contribution >= 0.6 is 0 Å². The highest BCUT2D eigenvalue weighted by molar-refractivity contribution is 6.25. The molecule has 13 rings (SSSR count). The Hall–Kier alpha value is -8.14. The highest BCUT2D eigenvalue weighted by Crippen LogP contribution is 2.42. The molecule has 0 atom stereocenters. The lowest BCUT2D eigenvalue weighted by molar-refractivity contribution is 0.669. The predicted octanol–water partition coefficient (Wildman–Crippen LogP) is 16.0. The van der Waals surface area contributed by atoms with Gasteiger partial charge in [-0.2, -0.15) is 0 Å². The van der Waals surface area contributed by atoms with Gasteiger partial charge in [0.15, 0.2) is 0 Å². The van der Waals surface area contributed by atoms with Gasteiger partial charge in [-0.3, -0.25) is 0 Å². The van der Waals surface area contributed by atoms with Crippen LogP contribution in [0.1, 0.15) is 0 Å². The Balaban J connectivity index is 0.939. The van der Waals surface area contributed by atoms with Gasteiger partial charge in [-0.15, -0.1) is 0 Å². The van der Waals surface area contributed by atoms with Crippen molar-refractivity contribution in [1.29, 1.82) is 0 Å². The van der Waals surface area contributed by atoms with Gasteiger partial charge in [-0.1, -0.05) is 158 Å². The number of aromatic nitrogens is 2. The first-order valence-corrected chi connectivity index (χ1v) is 20.8. The van der Waals surface area contributed by atoms with E-state index in [-0.39, 0.29) is 0 Å². The molecule has 61 heavy (non-hydrogen) atoms. The summed E-state index contributed by atoms with van der Waals surface area (Å²) in [6, 6.07) is 73.7. The number of rotatable bonds is 4. The first-order chi connectivity index (χ1) is 30.2. The molecule has 0 aliphatic heterocycles. The largest absolute Gasteiger partial charge is 0.456 e. The monoisotopic (exact) mass is 774 g/mol. The van der Waals surface area contributed by atoms with Crippen LogP contribution in [-0.2, 0) is 0 Å². The summed E-state index contributed by atoms with van der Waals surface area (Å²) < 4.78 is 6.49. The summed E-state index contributed by atoms with van der Waals surface area (Å²) in [6.45, 7) is 0. The highest BCUT2D eigenvalue weighted by atomic mass is 16.3. The van der Waals surface area contributed by atoms with Crippen LogP contribution in [0.4, 0.5) is 0 Å². The summed E-state index contributed by atoms with van der Waals surface area (Å²) >= 11 is 0. The summed E-state index contributed by atoms with van der Waals surface area (Å²) in [5.74, 6) is 0. The Bertz CT molecular complexity index is 3630. The van der Waals surface area contributed by atoms with Gasteiger partial charge in [-0.05, 0) is 103 Å². The average Bonchev–Trinajstić information content (AvgIpc) is 3.71. The van der Waals surface area contributed by atoms with E-state index in [4.69, 9.17) is 14.4 Å². The van der Waals surface area contributed by atoms with Gasteiger partial charge >= 0.3 is 0 Å². The average molecular weight is 775 g/mol. The fraction of sp³-hybridized carbons (Fsp3) is 0. The SMILES string of the molecule is c1ccc(-c2ccc3c4ccccc4c4ccccc4c3n2)c(-c2ccc3oc4ccc(-c5ccccc5-c5ccc6c7ccccc7c7ccccc7c6n5)cc4c3c2)c1. The number of hydrogen-bond donors (Lipinski definition) is 0. The molecule has 0 unspecified atom stereocenters. The van der Waals surface area contributed by atoms with Crippen molar-refractivity contribution >= 4 is 86.8 Å². The molecule has 0 amide bonds. The maximum Gasteiger partial charge on any atom is 0.135 e. The molecule has 0 saturated carbocycles. The van der Waals surface area contributed by atoms with Crippen molar-refractivity contribution in [3.63, 3.8) is 0 Å². The molecular formula is C58H34N2O. The lowest BCUT2D eigenvalue weighted by Crippen LogP contribution is -1.91. The lowest BCUT2D eigenvalue weighted by Gasteiger charge is -2.13. The lowest BCUT2D eigenvalue weighted by atomic mass is 9.93. The maximum atomic E-state index is 6.49. The number of pyridine rings is 2. The maximum absolute atomic E-state index is 6.49. The van der Waals surface area contributed by atoms with Crippen LogP contribution in [0.3, 0.4) is 0 Å². The summed E-state index contributed by atoms with van der Waals surface area (Å²) in [5, 5.41) is 14.2. The second-order valence-electron chi connectivity index (χ2n) is 16.0. The van der Waals surface area contributed by atoms with Crippen LogP contribution in [0.15, 0.2) is 211 Å². The Morgan fingerprint density at radius 1 is 0.246 bits per heavy atom. The van der Waals surface area contributed by atoms with E-state index in [0.717, 1.165) is 99.3 Å². The number of nitrogens with zero attached hydrogens (tertiary/aromatic N) is 2. The van der Waals surface area contributed by atoms with E-state index < -0.39 is 0 Å². The van der Waals surface area contributed by atoms with Crippen molar-refractivity contribution in [3.8, 4) is 44.8 Å². The van der Waals surface area contributed by atoms with Gasteiger partial charge in [0.05, 0.1) is 22.4 Å². The zero-order valence-electron chi connectivity index (χ0n) is 32.9. The molecule has 3 heteroatoms. The molecule has 13 aromatic rings. The molecule has 3 aromatic heterocycles. The van der Waals surface area contributed by atoms with Crippen molar-refractivity contribution in [1.82, 2.24) is 9.97 Å². The van der Waals surface area contributed by atoms with E-state index >= 15 is 0 Å². The number of fused-ring (bicyclic) bond motifs is 15. The number of furan rings is 1. The van der Waals surface area contributed by atoms with Gasteiger partial charge in [0.2, 0.25) is 0 Å². The standard InChI is InChI=1S/C58H34N2O/c1-9-21-45(53-29-27-49-43-19-5-3-15-39(43)41-17-7-11-23-47(41)57(49)59-53)37(13-1)35-25-31-55-51(33-35)52-34-36(26-32-56(52)61-55)38-14-2-10-22-46(38)54-30-28-50-44-20-6-4-16-40(44)42-18-8-12-24-48(42)58(50)60-54/h1-34H. The highest BCUT2D eigenvalue weighted by Gasteiger charge is 2.18. The van der Waals surface area contributed by atoms with Crippen molar-refractivity contribution in [2.75, 3.05) is 0 Å². The van der Waals surface area contributed by atoms with Gasteiger partial charge in [-0.25, -0.2) is 9.97 Å². The summed E-state index contributed by atoms with van der Waals surface area (Å²) in [6.07, 6.45) is 0. The molecule has 0 N–H and O–H groups in total. The predicted molar refractivity (Wildman–Crippen MR) is 256 cm³/mol. The molecule has 3 heterocycles. The van der Waals surface area contributed by atoms with Crippen molar-refractivity contribution < 1.29 is 4.42 Å². The van der Waals surface area contributed by atoms with Gasteiger partial charge in [0.25, 0.3) is 0 Å². The fourth-order valence-corrected chi connectivity index (χ4v) is 9.85. The molecule has 10 aromatic carbocycles. The summed E-state index contributed by atoms with van der Waals surface area (Å²) in [7, 11) is 0. The zero-order chi connectivity index (χ0) is 40.0. The normalized spacial score (nSPS) is 11.9. The number of hydrogen-bond acceptors (Lipinski definition) is 3. The molecule has 0 aliphatic carbocycles. The minimum atomic E-state index is 0.860. The van der Waals surface area contributed by atoms with Crippen LogP contribution in [0.5, 0.6) is 0 Å². The first kappa shape index (κ1) is 33.8. The van der Waals surface area contributed by atoms with Crippen LogP contribution in [0.2, 0.25) is 0 Å². The zero-order valence-corrected chi connectivity index (χ0v) is 32.9. The quantitative estimate of drug-likeness (QED) is 0.167. The topological polar surface area (TPSA) is 38.9 Å². The Kier molecular flexibility index (Phi) is 7.31. The molecule has 0 fully saturated rings. The second-order valence-corrected chi connectivity index (χ2v) is 16.0. The van der Waals surface area contributed by atoms with Crippen LogP contribution in [0, 0.1) is 0 Å². The van der Waals surface area contributed by atoms with E-state index in [1.165, 1.54) is 32.3 Å². The third-order valence-electron chi connectivity index (χ3n) is 12.7. The third kappa shape index (κ3) is 5.17. The van der Waals surface area contributed by atoms with Crippen LogP contribution < -0.4 is 0 Å².